The molecule has 0 aliphatic carbocycles. The third kappa shape index (κ3) is 3.75. The van der Waals surface area contributed by atoms with E-state index in [1.807, 2.05) is 24.0 Å². The van der Waals surface area contributed by atoms with Gasteiger partial charge in [0.2, 0.25) is 0 Å². The maximum atomic E-state index is 12.3. The van der Waals surface area contributed by atoms with E-state index in [0.29, 0.717) is 30.1 Å². The average molecular weight is 311 g/mol. The quantitative estimate of drug-likeness (QED) is 0.871. The smallest absolute Gasteiger partial charge is 0.303 e. The van der Waals surface area contributed by atoms with Crippen LogP contribution in [0.5, 0.6) is 0 Å². The number of benzene rings is 1. The average Bonchev–Trinajstić information content (AvgIpc) is 2.86. The largest absolute Gasteiger partial charge is 0.481 e. The molecule has 116 valence electrons. The van der Waals surface area contributed by atoms with Gasteiger partial charge in [0, 0.05) is 19.5 Å². The molecule has 1 aliphatic rings. The zero-order valence-corrected chi connectivity index (χ0v) is 13.0. The van der Waals surface area contributed by atoms with Gasteiger partial charge in [0.25, 0.3) is 0 Å². The number of hydrogen-bond donors (Lipinski definition) is 1. The summed E-state index contributed by atoms with van der Waals surface area (Å²) in [6.07, 6.45) is 1.51. The van der Waals surface area contributed by atoms with E-state index in [2.05, 4.69) is 0 Å². The lowest BCUT2D eigenvalue weighted by molar-refractivity contribution is -0.137. The van der Waals surface area contributed by atoms with E-state index in [-0.39, 0.29) is 18.1 Å². The summed E-state index contributed by atoms with van der Waals surface area (Å²) in [5.41, 5.74) is 0.707. The van der Waals surface area contributed by atoms with Crippen molar-refractivity contribution in [3.63, 3.8) is 0 Å². The molecule has 2 rings (SSSR count). The number of carbonyl (C=O) groups is 1. The van der Waals surface area contributed by atoms with Crippen LogP contribution in [0.15, 0.2) is 29.2 Å². The second-order valence-electron chi connectivity index (χ2n) is 5.49. The molecule has 5 nitrogen and oxygen atoms in total. The third-order valence-electron chi connectivity index (χ3n) is 3.76. The molecule has 21 heavy (non-hydrogen) atoms. The number of carboxylic acid groups (broad SMARTS) is 1. The van der Waals surface area contributed by atoms with Crippen molar-refractivity contribution in [1.29, 1.82) is 0 Å². The SMILES string of the molecule is CCCS(=O)(=O)c1ccccc1N1CCC(CC(=O)O)C1. The second kappa shape index (κ2) is 6.47. The molecule has 0 spiro atoms. The second-order valence-corrected chi connectivity index (χ2v) is 7.56. The summed E-state index contributed by atoms with van der Waals surface area (Å²) in [7, 11) is -3.28. The van der Waals surface area contributed by atoms with Crippen LogP contribution in [0.25, 0.3) is 0 Å². The fourth-order valence-corrected chi connectivity index (χ4v) is 4.38. The highest BCUT2D eigenvalue weighted by Crippen LogP contribution is 2.31. The first kappa shape index (κ1) is 15.8. The van der Waals surface area contributed by atoms with E-state index in [9.17, 15) is 13.2 Å². The monoisotopic (exact) mass is 311 g/mol. The van der Waals surface area contributed by atoms with E-state index in [1.54, 1.807) is 12.1 Å². The van der Waals surface area contributed by atoms with Crippen molar-refractivity contribution < 1.29 is 18.3 Å². The topological polar surface area (TPSA) is 74.7 Å². The van der Waals surface area contributed by atoms with E-state index < -0.39 is 15.8 Å². The molecule has 1 heterocycles. The zero-order valence-electron chi connectivity index (χ0n) is 12.2. The number of para-hydroxylation sites is 1. The van der Waals surface area contributed by atoms with Crippen LogP contribution >= 0.6 is 0 Å². The Morgan fingerprint density at radius 3 is 2.76 bits per heavy atom. The molecular formula is C15H21NO4S. The molecule has 0 aromatic heterocycles. The Kier molecular flexibility index (Phi) is 4.88. The summed E-state index contributed by atoms with van der Waals surface area (Å²) in [5, 5.41) is 8.87. The summed E-state index contributed by atoms with van der Waals surface area (Å²) < 4.78 is 24.7. The highest BCUT2D eigenvalue weighted by atomic mass is 32.2. The van der Waals surface area contributed by atoms with E-state index >= 15 is 0 Å². The van der Waals surface area contributed by atoms with Gasteiger partial charge in [-0.05, 0) is 30.9 Å². The number of hydrogen-bond acceptors (Lipinski definition) is 4. The fourth-order valence-electron chi connectivity index (χ4n) is 2.83. The number of nitrogens with zero attached hydrogens (tertiary/aromatic N) is 1. The third-order valence-corrected chi connectivity index (χ3v) is 5.72. The lowest BCUT2D eigenvalue weighted by Gasteiger charge is -2.21. The summed E-state index contributed by atoms with van der Waals surface area (Å²) in [4.78, 5) is 13.2. The van der Waals surface area contributed by atoms with Gasteiger partial charge in [0.15, 0.2) is 9.84 Å². The minimum absolute atomic E-state index is 0.0874. The normalized spacial score (nSPS) is 18.9. The van der Waals surface area contributed by atoms with Crippen molar-refractivity contribution in [2.45, 2.75) is 31.1 Å². The predicted molar refractivity (Wildman–Crippen MR) is 81.4 cm³/mol. The Labute approximate surface area is 125 Å². The molecule has 1 saturated heterocycles. The molecular weight excluding hydrogens is 290 g/mol. The van der Waals surface area contributed by atoms with Gasteiger partial charge in [-0.15, -0.1) is 0 Å². The number of anilines is 1. The summed E-state index contributed by atoms with van der Waals surface area (Å²) in [5.74, 6) is -0.575. The van der Waals surface area contributed by atoms with Crippen molar-refractivity contribution in [2.75, 3.05) is 23.7 Å². The highest BCUT2D eigenvalue weighted by Gasteiger charge is 2.28. The van der Waals surface area contributed by atoms with Gasteiger partial charge in [-0.3, -0.25) is 4.79 Å². The van der Waals surface area contributed by atoms with Crippen molar-refractivity contribution >= 4 is 21.5 Å². The molecule has 0 amide bonds. The Bertz CT molecular complexity index is 612. The summed E-state index contributed by atoms with van der Waals surface area (Å²) >= 11 is 0. The standard InChI is InChI=1S/C15H21NO4S/c1-2-9-21(19,20)14-6-4-3-5-13(14)16-8-7-12(11-16)10-15(17)18/h3-6,12H,2,7-11H2,1H3,(H,17,18). The zero-order chi connectivity index (χ0) is 15.5. The molecule has 1 fully saturated rings. The van der Waals surface area contributed by atoms with Gasteiger partial charge >= 0.3 is 5.97 Å². The molecule has 1 aromatic rings. The number of rotatable bonds is 6. The Morgan fingerprint density at radius 1 is 1.38 bits per heavy atom. The number of aliphatic carboxylic acids is 1. The van der Waals surface area contributed by atoms with Crippen LogP contribution in [0.1, 0.15) is 26.2 Å². The number of sulfone groups is 1. The maximum Gasteiger partial charge on any atom is 0.303 e. The molecule has 1 unspecified atom stereocenters. The van der Waals surface area contributed by atoms with Crippen molar-refractivity contribution in [3.05, 3.63) is 24.3 Å². The maximum absolute atomic E-state index is 12.3. The van der Waals surface area contributed by atoms with Gasteiger partial charge in [-0.1, -0.05) is 19.1 Å². The molecule has 6 heteroatoms. The van der Waals surface area contributed by atoms with Crippen LogP contribution in [0, 0.1) is 5.92 Å². The molecule has 0 bridgehead atoms. The van der Waals surface area contributed by atoms with E-state index in [1.165, 1.54) is 0 Å². The van der Waals surface area contributed by atoms with Gasteiger partial charge in [-0.25, -0.2) is 8.42 Å². The van der Waals surface area contributed by atoms with Crippen LogP contribution in [-0.2, 0) is 14.6 Å². The minimum Gasteiger partial charge on any atom is -0.481 e. The summed E-state index contributed by atoms with van der Waals surface area (Å²) in [6, 6.07) is 7.01. The highest BCUT2D eigenvalue weighted by molar-refractivity contribution is 7.91. The molecule has 0 radical (unpaired) electrons. The van der Waals surface area contributed by atoms with Gasteiger partial charge in [0.1, 0.15) is 0 Å². The summed E-state index contributed by atoms with van der Waals surface area (Å²) in [6.45, 7) is 3.15. The fraction of sp³-hybridized carbons (Fsp3) is 0.533. The van der Waals surface area contributed by atoms with Crippen LogP contribution in [0.2, 0.25) is 0 Å². The first-order chi connectivity index (χ1) is 9.94. The van der Waals surface area contributed by atoms with Crippen molar-refractivity contribution in [3.8, 4) is 0 Å². The Morgan fingerprint density at radius 2 is 2.10 bits per heavy atom. The molecule has 0 saturated carbocycles. The lowest BCUT2D eigenvalue weighted by Crippen LogP contribution is -2.23. The Hall–Kier alpha value is -1.56. The number of carboxylic acids is 1. The van der Waals surface area contributed by atoms with Gasteiger partial charge in [-0.2, -0.15) is 0 Å². The van der Waals surface area contributed by atoms with E-state index in [4.69, 9.17) is 5.11 Å². The predicted octanol–water partition coefficient (Wildman–Crippen LogP) is 2.17. The van der Waals surface area contributed by atoms with Crippen molar-refractivity contribution in [2.24, 2.45) is 5.92 Å². The van der Waals surface area contributed by atoms with E-state index in [0.717, 1.165) is 6.42 Å². The van der Waals surface area contributed by atoms with Crippen LogP contribution in [0.3, 0.4) is 0 Å². The molecule has 1 N–H and O–H groups in total. The lowest BCUT2D eigenvalue weighted by atomic mass is 10.1. The van der Waals surface area contributed by atoms with Crippen LogP contribution in [-0.4, -0.2) is 38.3 Å². The molecule has 1 atom stereocenters. The van der Waals surface area contributed by atoms with Crippen LogP contribution in [0.4, 0.5) is 5.69 Å². The van der Waals surface area contributed by atoms with Gasteiger partial charge in [0.05, 0.1) is 16.3 Å². The van der Waals surface area contributed by atoms with Crippen LogP contribution < -0.4 is 4.90 Å². The molecule has 1 aliphatic heterocycles. The first-order valence-electron chi connectivity index (χ1n) is 7.22. The van der Waals surface area contributed by atoms with Gasteiger partial charge < -0.3 is 10.0 Å². The van der Waals surface area contributed by atoms with Crippen molar-refractivity contribution in [1.82, 2.24) is 0 Å². The minimum atomic E-state index is -3.28. The first-order valence-corrected chi connectivity index (χ1v) is 8.87. The Balaban J connectivity index is 2.24. The molecule has 1 aromatic carbocycles.